The van der Waals surface area contributed by atoms with Crippen molar-refractivity contribution >= 4 is 11.7 Å². The summed E-state index contributed by atoms with van der Waals surface area (Å²) in [5.74, 6) is 1.17. The van der Waals surface area contributed by atoms with Crippen LogP contribution < -0.4 is 20.1 Å². The summed E-state index contributed by atoms with van der Waals surface area (Å²) in [5, 5.41) is 16.3. The van der Waals surface area contributed by atoms with Crippen LogP contribution in [-0.2, 0) is 12.8 Å². The van der Waals surface area contributed by atoms with Gasteiger partial charge in [-0.2, -0.15) is 0 Å². The number of amides is 2. The van der Waals surface area contributed by atoms with E-state index in [1.54, 1.807) is 32.4 Å². The minimum absolute atomic E-state index is 0.189. The summed E-state index contributed by atoms with van der Waals surface area (Å²) in [6.07, 6.45) is 1.97. The summed E-state index contributed by atoms with van der Waals surface area (Å²) >= 11 is 0. The number of urea groups is 1. The van der Waals surface area contributed by atoms with E-state index < -0.39 is 5.60 Å². The number of benzene rings is 2. The van der Waals surface area contributed by atoms with Crippen molar-refractivity contribution in [3.05, 3.63) is 53.6 Å². The predicted octanol–water partition coefficient (Wildman–Crippen LogP) is 2.75. The van der Waals surface area contributed by atoms with Crippen molar-refractivity contribution in [2.24, 2.45) is 0 Å². The Hall–Kier alpha value is -2.73. The van der Waals surface area contributed by atoms with Gasteiger partial charge in [0.1, 0.15) is 11.5 Å². The number of aliphatic hydroxyl groups is 1. The van der Waals surface area contributed by atoms with E-state index in [0.717, 1.165) is 12.0 Å². The number of nitrogens with one attached hydrogen (secondary N) is 2. The van der Waals surface area contributed by atoms with Gasteiger partial charge in [0, 0.05) is 36.9 Å². The minimum Gasteiger partial charge on any atom is -0.497 e. The zero-order valence-corrected chi connectivity index (χ0v) is 15.0. The van der Waals surface area contributed by atoms with Crippen molar-refractivity contribution in [1.29, 1.82) is 0 Å². The summed E-state index contributed by atoms with van der Waals surface area (Å²) in [4.78, 5) is 12.2. The largest absolute Gasteiger partial charge is 0.497 e. The summed E-state index contributed by atoms with van der Waals surface area (Å²) in [5.41, 5.74) is 2.03. The summed E-state index contributed by atoms with van der Waals surface area (Å²) < 4.78 is 10.4. The van der Waals surface area contributed by atoms with Gasteiger partial charge in [-0.3, -0.25) is 0 Å². The van der Waals surface area contributed by atoms with Crippen molar-refractivity contribution < 1.29 is 19.4 Å². The first-order valence-corrected chi connectivity index (χ1v) is 8.58. The fraction of sp³-hybridized carbons (Fsp3) is 0.350. The number of carbonyl (C=O) groups is 1. The number of carbonyl (C=O) groups excluding carboxylic acids is 1. The lowest BCUT2D eigenvalue weighted by molar-refractivity contribution is 0.0295. The molecular formula is C20H24N2O4. The minimum atomic E-state index is -0.933. The molecule has 0 spiro atoms. The van der Waals surface area contributed by atoms with Gasteiger partial charge in [0.15, 0.2) is 0 Å². The van der Waals surface area contributed by atoms with Crippen LogP contribution in [0.4, 0.5) is 10.5 Å². The molecule has 0 radical (unpaired) electrons. The Bertz CT molecular complexity index is 771. The fourth-order valence-electron chi connectivity index (χ4n) is 3.23. The number of aryl methyl sites for hydroxylation is 1. The molecule has 0 saturated carbocycles. The van der Waals surface area contributed by atoms with Crippen LogP contribution in [0.1, 0.15) is 17.5 Å². The maximum Gasteiger partial charge on any atom is 0.319 e. The molecule has 0 aromatic heterocycles. The van der Waals surface area contributed by atoms with Crippen LogP contribution >= 0.6 is 0 Å². The van der Waals surface area contributed by atoms with Gasteiger partial charge in [-0.1, -0.05) is 24.3 Å². The third kappa shape index (κ3) is 4.26. The number of methoxy groups -OCH3 is 2. The van der Waals surface area contributed by atoms with E-state index in [-0.39, 0.29) is 12.6 Å². The van der Waals surface area contributed by atoms with Crippen molar-refractivity contribution in [3.8, 4) is 11.5 Å². The molecule has 2 amide bonds. The molecule has 0 bridgehead atoms. The molecule has 2 aromatic carbocycles. The first kappa shape index (κ1) is 18.1. The molecule has 2 aromatic rings. The van der Waals surface area contributed by atoms with Gasteiger partial charge in [-0.25, -0.2) is 4.79 Å². The second-order valence-electron chi connectivity index (χ2n) is 6.58. The normalized spacial score (nSPS) is 18.6. The van der Waals surface area contributed by atoms with Gasteiger partial charge in [-0.05, 0) is 24.0 Å². The average molecular weight is 356 g/mol. The maximum absolute atomic E-state index is 12.2. The molecule has 1 aliphatic carbocycles. The van der Waals surface area contributed by atoms with E-state index in [9.17, 15) is 9.90 Å². The predicted molar refractivity (Wildman–Crippen MR) is 100.0 cm³/mol. The summed E-state index contributed by atoms with van der Waals surface area (Å²) in [6.45, 7) is 0.189. The van der Waals surface area contributed by atoms with E-state index in [4.69, 9.17) is 9.47 Å². The van der Waals surface area contributed by atoms with E-state index in [2.05, 4.69) is 16.7 Å². The summed E-state index contributed by atoms with van der Waals surface area (Å²) in [7, 11) is 3.10. The van der Waals surface area contributed by atoms with Gasteiger partial charge in [0.2, 0.25) is 0 Å². The van der Waals surface area contributed by atoms with E-state index >= 15 is 0 Å². The lowest BCUT2D eigenvalue weighted by Gasteiger charge is -2.33. The molecule has 0 fully saturated rings. The number of fused-ring (bicyclic) bond motifs is 1. The van der Waals surface area contributed by atoms with Crippen molar-refractivity contribution in [2.75, 3.05) is 26.1 Å². The topological polar surface area (TPSA) is 79.8 Å². The highest BCUT2D eigenvalue weighted by Crippen LogP contribution is 2.28. The third-order valence-corrected chi connectivity index (χ3v) is 4.68. The Morgan fingerprint density at radius 3 is 2.42 bits per heavy atom. The molecule has 1 atom stereocenters. The smallest absolute Gasteiger partial charge is 0.319 e. The molecular weight excluding hydrogens is 332 g/mol. The highest BCUT2D eigenvalue weighted by atomic mass is 16.5. The zero-order chi connectivity index (χ0) is 18.6. The molecule has 3 rings (SSSR count). The van der Waals surface area contributed by atoms with Crippen LogP contribution in [0.25, 0.3) is 0 Å². The number of ether oxygens (including phenoxy) is 2. The second-order valence-corrected chi connectivity index (χ2v) is 6.58. The Kier molecular flexibility index (Phi) is 5.32. The van der Waals surface area contributed by atoms with Crippen LogP contribution in [0.15, 0.2) is 42.5 Å². The molecule has 0 aliphatic heterocycles. The fourth-order valence-corrected chi connectivity index (χ4v) is 3.23. The maximum atomic E-state index is 12.2. The number of anilines is 1. The number of hydrogen-bond acceptors (Lipinski definition) is 4. The molecule has 138 valence electrons. The average Bonchev–Trinajstić information content (AvgIpc) is 2.66. The molecule has 6 heteroatoms. The molecule has 1 unspecified atom stereocenters. The zero-order valence-electron chi connectivity index (χ0n) is 15.0. The van der Waals surface area contributed by atoms with Crippen molar-refractivity contribution in [1.82, 2.24) is 5.32 Å². The van der Waals surface area contributed by atoms with Crippen LogP contribution in [0.2, 0.25) is 0 Å². The van der Waals surface area contributed by atoms with Crippen molar-refractivity contribution in [3.63, 3.8) is 0 Å². The van der Waals surface area contributed by atoms with Crippen LogP contribution in [0.3, 0.4) is 0 Å². The monoisotopic (exact) mass is 356 g/mol. The van der Waals surface area contributed by atoms with Crippen LogP contribution in [0.5, 0.6) is 11.5 Å². The molecule has 0 heterocycles. The highest BCUT2D eigenvalue weighted by molar-refractivity contribution is 5.89. The van der Waals surface area contributed by atoms with Crippen LogP contribution in [-0.4, -0.2) is 37.5 Å². The lowest BCUT2D eigenvalue weighted by Crippen LogP contribution is -2.47. The number of hydrogen-bond donors (Lipinski definition) is 3. The first-order valence-electron chi connectivity index (χ1n) is 8.58. The standard InChI is InChI=1S/C20H24N2O4/c1-25-17-9-16(10-18(11-17)26-2)22-19(23)21-13-20(24)8-7-14-5-3-4-6-15(14)12-20/h3-6,9-11,24H,7-8,12-13H2,1-2H3,(H2,21,22,23). The second kappa shape index (κ2) is 7.66. The van der Waals surface area contributed by atoms with Crippen molar-refractivity contribution in [2.45, 2.75) is 24.9 Å². The molecule has 6 nitrogen and oxygen atoms in total. The molecule has 3 N–H and O–H groups in total. The van der Waals surface area contributed by atoms with Gasteiger partial charge in [-0.15, -0.1) is 0 Å². The number of rotatable bonds is 5. The quantitative estimate of drug-likeness (QED) is 0.770. The Balaban J connectivity index is 1.59. The van der Waals surface area contributed by atoms with Gasteiger partial charge >= 0.3 is 6.03 Å². The lowest BCUT2D eigenvalue weighted by atomic mass is 9.80. The molecule has 1 aliphatic rings. The van der Waals surface area contributed by atoms with Crippen LogP contribution in [0, 0.1) is 0 Å². The van der Waals surface area contributed by atoms with Gasteiger partial charge in [0.05, 0.1) is 19.8 Å². The van der Waals surface area contributed by atoms with E-state index in [0.29, 0.717) is 30.0 Å². The van der Waals surface area contributed by atoms with Gasteiger partial charge in [0.25, 0.3) is 0 Å². The molecule has 0 saturated heterocycles. The van der Waals surface area contributed by atoms with E-state index in [1.807, 2.05) is 18.2 Å². The molecule has 26 heavy (non-hydrogen) atoms. The van der Waals surface area contributed by atoms with Gasteiger partial charge < -0.3 is 25.2 Å². The SMILES string of the molecule is COc1cc(NC(=O)NCC2(O)CCc3ccccc3C2)cc(OC)c1. The first-order chi connectivity index (χ1) is 12.5. The highest BCUT2D eigenvalue weighted by Gasteiger charge is 2.32. The third-order valence-electron chi connectivity index (χ3n) is 4.68. The summed E-state index contributed by atoms with van der Waals surface area (Å²) in [6, 6.07) is 12.9. The Morgan fingerprint density at radius 2 is 1.77 bits per heavy atom. The van der Waals surface area contributed by atoms with E-state index in [1.165, 1.54) is 5.56 Å². The Labute approximate surface area is 153 Å². The Morgan fingerprint density at radius 1 is 1.12 bits per heavy atom.